The Morgan fingerprint density at radius 1 is 1.39 bits per heavy atom. The van der Waals surface area contributed by atoms with Crippen LogP contribution in [-0.2, 0) is 9.53 Å². The number of carbonyl (C=O) groups is 1. The molecule has 0 atom stereocenters. The molecule has 18 heavy (non-hydrogen) atoms. The lowest BCUT2D eigenvalue weighted by Gasteiger charge is -2.21. The lowest BCUT2D eigenvalue weighted by atomic mass is 9.98. The molecule has 0 unspecified atom stereocenters. The maximum Gasteiger partial charge on any atom is 0.331 e. The maximum absolute atomic E-state index is 10.7. The van der Waals surface area contributed by atoms with E-state index in [9.17, 15) is 4.79 Å². The molecule has 0 bridgehead atoms. The van der Waals surface area contributed by atoms with E-state index in [0.29, 0.717) is 31.2 Å². The SMILES string of the molecule is CCC(=CCNCCOC1CCCCC1)C(=O)O. The molecule has 104 valence electrons. The van der Waals surface area contributed by atoms with Crippen LogP contribution in [0.15, 0.2) is 11.6 Å². The van der Waals surface area contributed by atoms with Gasteiger partial charge in [0, 0.05) is 18.7 Å². The van der Waals surface area contributed by atoms with E-state index in [0.717, 1.165) is 6.54 Å². The summed E-state index contributed by atoms with van der Waals surface area (Å²) in [5.74, 6) is -0.822. The number of rotatable bonds is 8. The average molecular weight is 255 g/mol. The molecule has 4 nitrogen and oxygen atoms in total. The summed E-state index contributed by atoms with van der Waals surface area (Å²) in [5, 5.41) is 12.0. The molecule has 0 amide bonds. The van der Waals surface area contributed by atoms with E-state index in [1.807, 2.05) is 6.92 Å². The van der Waals surface area contributed by atoms with Gasteiger partial charge in [0.25, 0.3) is 0 Å². The van der Waals surface area contributed by atoms with Crippen molar-refractivity contribution in [3.8, 4) is 0 Å². The van der Waals surface area contributed by atoms with Gasteiger partial charge in [0.05, 0.1) is 12.7 Å². The van der Waals surface area contributed by atoms with Gasteiger partial charge < -0.3 is 15.2 Å². The Hall–Kier alpha value is -0.870. The van der Waals surface area contributed by atoms with E-state index in [2.05, 4.69) is 5.32 Å². The summed E-state index contributed by atoms with van der Waals surface area (Å²) in [6.07, 6.45) is 9.06. The van der Waals surface area contributed by atoms with Gasteiger partial charge in [-0.25, -0.2) is 4.79 Å². The van der Waals surface area contributed by atoms with Crippen LogP contribution in [-0.4, -0.2) is 36.9 Å². The molecule has 1 rings (SSSR count). The minimum Gasteiger partial charge on any atom is -0.478 e. The molecular weight excluding hydrogens is 230 g/mol. The van der Waals surface area contributed by atoms with Crippen LogP contribution in [0.5, 0.6) is 0 Å². The first-order chi connectivity index (χ1) is 8.74. The molecule has 0 saturated heterocycles. The highest BCUT2D eigenvalue weighted by Crippen LogP contribution is 2.19. The summed E-state index contributed by atoms with van der Waals surface area (Å²) in [6.45, 7) is 3.95. The van der Waals surface area contributed by atoms with Crippen molar-refractivity contribution >= 4 is 5.97 Å². The molecular formula is C14H25NO3. The standard InChI is InChI=1S/C14H25NO3/c1-2-12(14(16)17)8-9-15-10-11-18-13-6-4-3-5-7-13/h8,13,15H,2-7,9-11H2,1H3,(H,16,17). The largest absolute Gasteiger partial charge is 0.478 e. The molecule has 0 aromatic rings. The van der Waals surface area contributed by atoms with Gasteiger partial charge in [0.15, 0.2) is 0 Å². The molecule has 1 fully saturated rings. The highest BCUT2D eigenvalue weighted by Gasteiger charge is 2.12. The van der Waals surface area contributed by atoms with Crippen LogP contribution < -0.4 is 5.32 Å². The zero-order chi connectivity index (χ0) is 13.2. The van der Waals surface area contributed by atoms with Crippen molar-refractivity contribution in [2.45, 2.75) is 51.6 Å². The zero-order valence-electron chi connectivity index (χ0n) is 11.3. The molecule has 1 saturated carbocycles. The number of hydrogen-bond acceptors (Lipinski definition) is 3. The minimum atomic E-state index is -0.822. The van der Waals surface area contributed by atoms with Gasteiger partial charge in [-0.15, -0.1) is 0 Å². The number of carboxylic acids is 1. The number of aliphatic carboxylic acids is 1. The molecule has 0 aromatic heterocycles. The summed E-state index contributed by atoms with van der Waals surface area (Å²) >= 11 is 0. The van der Waals surface area contributed by atoms with E-state index in [4.69, 9.17) is 9.84 Å². The Balaban J connectivity index is 2.02. The monoisotopic (exact) mass is 255 g/mol. The second-order valence-electron chi connectivity index (χ2n) is 4.72. The van der Waals surface area contributed by atoms with E-state index in [-0.39, 0.29) is 0 Å². The van der Waals surface area contributed by atoms with E-state index >= 15 is 0 Å². The van der Waals surface area contributed by atoms with Crippen LogP contribution >= 0.6 is 0 Å². The van der Waals surface area contributed by atoms with Gasteiger partial charge in [-0.2, -0.15) is 0 Å². The summed E-state index contributed by atoms with van der Waals surface area (Å²) in [7, 11) is 0. The number of ether oxygens (including phenoxy) is 1. The third-order valence-corrected chi connectivity index (χ3v) is 3.33. The van der Waals surface area contributed by atoms with Gasteiger partial charge in [0.1, 0.15) is 0 Å². The maximum atomic E-state index is 10.7. The molecule has 1 aliphatic carbocycles. The molecule has 2 N–H and O–H groups in total. The zero-order valence-corrected chi connectivity index (χ0v) is 11.3. The van der Waals surface area contributed by atoms with Gasteiger partial charge in [-0.1, -0.05) is 32.3 Å². The predicted molar refractivity (Wildman–Crippen MR) is 71.7 cm³/mol. The molecule has 4 heteroatoms. The fraction of sp³-hybridized carbons (Fsp3) is 0.786. The topological polar surface area (TPSA) is 58.6 Å². The van der Waals surface area contributed by atoms with Crippen LogP contribution in [0.25, 0.3) is 0 Å². The Labute approximate surface area is 109 Å². The van der Waals surface area contributed by atoms with Crippen LogP contribution in [0.4, 0.5) is 0 Å². The van der Waals surface area contributed by atoms with Crippen LogP contribution in [0, 0.1) is 0 Å². The van der Waals surface area contributed by atoms with E-state index in [1.54, 1.807) is 6.08 Å². The number of nitrogens with one attached hydrogen (secondary N) is 1. The molecule has 0 aliphatic heterocycles. The van der Waals surface area contributed by atoms with Crippen molar-refractivity contribution in [1.29, 1.82) is 0 Å². The van der Waals surface area contributed by atoms with Crippen molar-refractivity contribution < 1.29 is 14.6 Å². The average Bonchev–Trinajstić information content (AvgIpc) is 2.38. The molecule has 0 aromatic carbocycles. The first-order valence-corrected chi connectivity index (χ1v) is 6.98. The quantitative estimate of drug-likeness (QED) is 0.516. The van der Waals surface area contributed by atoms with Crippen molar-refractivity contribution in [3.05, 3.63) is 11.6 Å². The van der Waals surface area contributed by atoms with Crippen LogP contribution in [0.2, 0.25) is 0 Å². The normalized spacial score (nSPS) is 17.9. The first-order valence-electron chi connectivity index (χ1n) is 6.98. The first kappa shape index (κ1) is 15.2. The molecule has 0 heterocycles. The summed E-state index contributed by atoms with van der Waals surface area (Å²) in [5.41, 5.74) is 0.468. The van der Waals surface area contributed by atoms with Crippen LogP contribution in [0.3, 0.4) is 0 Å². The Morgan fingerprint density at radius 2 is 2.11 bits per heavy atom. The predicted octanol–water partition coefficient (Wildman–Crippen LogP) is 2.35. The van der Waals surface area contributed by atoms with Gasteiger partial charge in [-0.05, 0) is 19.3 Å². The smallest absolute Gasteiger partial charge is 0.331 e. The van der Waals surface area contributed by atoms with Crippen molar-refractivity contribution in [1.82, 2.24) is 5.32 Å². The molecule has 0 radical (unpaired) electrons. The van der Waals surface area contributed by atoms with Crippen LogP contribution in [0.1, 0.15) is 45.4 Å². The van der Waals surface area contributed by atoms with Crippen molar-refractivity contribution in [2.75, 3.05) is 19.7 Å². The van der Waals surface area contributed by atoms with E-state index in [1.165, 1.54) is 32.1 Å². The highest BCUT2D eigenvalue weighted by molar-refractivity contribution is 5.86. The fourth-order valence-electron chi connectivity index (χ4n) is 2.21. The minimum absolute atomic E-state index is 0.446. The lowest BCUT2D eigenvalue weighted by molar-refractivity contribution is -0.132. The van der Waals surface area contributed by atoms with Crippen molar-refractivity contribution in [3.63, 3.8) is 0 Å². The summed E-state index contributed by atoms with van der Waals surface area (Å²) < 4.78 is 5.76. The lowest BCUT2D eigenvalue weighted by Crippen LogP contribution is -2.25. The van der Waals surface area contributed by atoms with Crippen molar-refractivity contribution in [2.24, 2.45) is 0 Å². The third-order valence-electron chi connectivity index (χ3n) is 3.33. The van der Waals surface area contributed by atoms with Gasteiger partial charge in [0.2, 0.25) is 0 Å². The Kier molecular flexibility index (Phi) is 7.69. The second-order valence-corrected chi connectivity index (χ2v) is 4.72. The summed E-state index contributed by atoms with van der Waals surface area (Å²) in [4.78, 5) is 10.7. The summed E-state index contributed by atoms with van der Waals surface area (Å²) in [6, 6.07) is 0. The second kappa shape index (κ2) is 9.11. The molecule has 1 aliphatic rings. The number of hydrogen-bond donors (Lipinski definition) is 2. The molecule has 0 spiro atoms. The Morgan fingerprint density at radius 3 is 2.72 bits per heavy atom. The van der Waals surface area contributed by atoms with Gasteiger partial charge in [-0.3, -0.25) is 0 Å². The number of carboxylic acid groups (broad SMARTS) is 1. The fourth-order valence-corrected chi connectivity index (χ4v) is 2.21. The third kappa shape index (κ3) is 6.17. The van der Waals surface area contributed by atoms with Gasteiger partial charge >= 0.3 is 5.97 Å². The highest BCUT2D eigenvalue weighted by atomic mass is 16.5. The van der Waals surface area contributed by atoms with E-state index < -0.39 is 5.97 Å². The Bertz CT molecular complexity index is 270.